The van der Waals surface area contributed by atoms with Crippen LogP contribution in [0.5, 0.6) is 0 Å². The molecule has 1 aromatic rings. The van der Waals surface area contributed by atoms with Gasteiger partial charge in [0.05, 0.1) is 24.0 Å². The third-order valence-corrected chi connectivity index (χ3v) is 6.15. The van der Waals surface area contributed by atoms with Crippen molar-refractivity contribution in [2.24, 2.45) is 0 Å². The Morgan fingerprint density at radius 2 is 1.68 bits per heavy atom. The minimum atomic E-state index is -1.20. The number of rotatable bonds is 8. The van der Waals surface area contributed by atoms with Crippen molar-refractivity contribution in [1.29, 1.82) is 0 Å². The Hall–Kier alpha value is -0.260. The number of aromatic carboxylic acids is 1. The quantitative estimate of drug-likeness (QED) is 0.245. The number of hydrogen-bond donors (Lipinski definition) is 4. The molecule has 0 heterocycles. The molecule has 8 nitrogen and oxygen atoms in total. The van der Waals surface area contributed by atoms with Gasteiger partial charge in [-0.1, -0.05) is 0 Å². The number of carbonyl (C=O) groups is 3. The molecule has 2 amide bonds. The number of carboxylic acid groups (broad SMARTS) is 1. The maximum absolute atomic E-state index is 12.5. The van der Waals surface area contributed by atoms with Gasteiger partial charge in [-0.3, -0.25) is 9.59 Å². The van der Waals surface area contributed by atoms with E-state index in [-0.39, 0.29) is 40.1 Å². The van der Waals surface area contributed by atoms with Gasteiger partial charge in [-0.15, -0.1) is 0 Å². The van der Waals surface area contributed by atoms with Gasteiger partial charge in [0.15, 0.2) is 0 Å². The summed E-state index contributed by atoms with van der Waals surface area (Å²) in [5.41, 5.74) is 0.375. The number of methoxy groups -OCH3 is 1. The Kier molecular flexibility index (Phi) is 9.83. The highest BCUT2D eigenvalue weighted by Crippen LogP contribution is 2.35. The number of amides is 2. The van der Waals surface area contributed by atoms with Gasteiger partial charge in [-0.05, 0) is 74.2 Å². The van der Waals surface area contributed by atoms with Crippen LogP contribution >= 0.6 is 67.8 Å². The van der Waals surface area contributed by atoms with Crippen LogP contribution in [0.15, 0.2) is 0 Å². The summed E-state index contributed by atoms with van der Waals surface area (Å²) in [7, 11) is 1.37. The number of aliphatic hydroxyl groups excluding tert-OH is 1. The summed E-state index contributed by atoms with van der Waals surface area (Å²) >= 11 is 5.55. The van der Waals surface area contributed by atoms with Gasteiger partial charge >= 0.3 is 5.97 Å². The van der Waals surface area contributed by atoms with Crippen LogP contribution < -0.4 is 10.6 Å². The van der Waals surface area contributed by atoms with Crippen LogP contribution in [-0.4, -0.2) is 54.9 Å². The number of anilines is 1. The van der Waals surface area contributed by atoms with Crippen LogP contribution in [0.3, 0.4) is 0 Å². The van der Waals surface area contributed by atoms with Gasteiger partial charge in [0.1, 0.15) is 6.61 Å². The maximum atomic E-state index is 12.5. The third-order valence-electron chi connectivity index (χ3n) is 2.92. The summed E-state index contributed by atoms with van der Waals surface area (Å²) in [6.07, 6.45) is 0.381. The molecule has 0 aliphatic rings. The number of benzene rings is 1. The van der Waals surface area contributed by atoms with Crippen molar-refractivity contribution < 1.29 is 29.3 Å². The minimum absolute atomic E-state index is 0.0540. The molecule has 0 saturated heterocycles. The Labute approximate surface area is 184 Å². The van der Waals surface area contributed by atoms with Gasteiger partial charge in [0.25, 0.3) is 5.91 Å². The molecular weight excluding hydrogens is 673 g/mol. The van der Waals surface area contributed by atoms with Crippen molar-refractivity contribution in [2.75, 3.05) is 32.2 Å². The first-order chi connectivity index (χ1) is 11.8. The summed E-state index contributed by atoms with van der Waals surface area (Å²) < 4.78 is 5.81. The fraction of sp³-hybridized carbons (Fsp3) is 0.357. The Balaban J connectivity index is 3.45. The molecule has 0 atom stereocenters. The number of hydrogen-bond acceptors (Lipinski definition) is 5. The summed E-state index contributed by atoms with van der Waals surface area (Å²) in [4.78, 5) is 36.0. The van der Waals surface area contributed by atoms with E-state index in [0.29, 0.717) is 13.6 Å². The summed E-state index contributed by atoms with van der Waals surface area (Å²) in [5.74, 6) is -2.12. The van der Waals surface area contributed by atoms with Crippen molar-refractivity contribution in [1.82, 2.24) is 5.32 Å². The monoisotopic (exact) mass is 688 g/mol. The van der Waals surface area contributed by atoms with Gasteiger partial charge in [0.2, 0.25) is 5.91 Å². The lowest BCUT2D eigenvalue weighted by Gasteiger charge is -2.18. The fourth-order valence-corrected chi connectivity index (χ4v) is 6.22. The summed E-state index contributed by atoms with van der Waals surface area (Å²) in [6.45, 7) is -0.0142. The van der Waals surface area contributed by atoms with E-state index in [1.54, 1.807) is 0 Å². The third kappa shape index (κ3) is 5.86. The van der Waals surface area contributed by atoms with Crippen LogP contribution in [0.4, 0.5) is 5.69 Å². The molecule has 11 heteroatoms. The number of carboxylic acids is 1. The van der Waals surface area contributed by atoms with E-state index < -0.39 is 17.8 Å². The highest BCUT2D eigenvalue weighted by molar-refractivity contribution is 14.1. The van der Waals surface area contributed by atoms with Crippen molar-refractivity contribution in [3.05, 3.63) is 21.8 Å². The number of ether oxygens (including phenoxy) is 1. The predicted molar refractivity (Wildman–Crippen MR) is 116 cm³/mol. The topological polar surface area (TPSA) is 125 Å². The van der Waals surface area contributed by atoms with Gasteiger partial charge in [-0.25, -0.2) is 4.79 Å². The normalized spacial score (nSPS) is 10.4. The second-order valence-corrected chi connectivity index (χ2v) is 7.92. The highest BCUT2D eigenvalue weighted by Gasteiger charge is 2.28. The predicted octanol–water partition coefficient (Wildman–Crippen LogP) is 1.90. The standard InChI is InChI=1S/C14H15I3N2O6/c1-25-5-6(21)19-12-10(16)7(13(22)18-3-2-4-20)9(15)8(11(12)17)14(23)24/h20H,2-5H2,1H3,(H,18,22)(H,19,21)(H,23,24). The van der Waals surface area contributed by atoms with Crippen LogP contribution in [0, 0.1) is 10.7 Å². The molecule has 0 aliphatic carbocycles. The first-order valence-corrected chi connectivity index (χ1v) is 10.1. The molecule has 0 saturated carbocycles. The van der Waals surface area contributed by atoms with Crippen molar-refractivity contribution >= 4 is 91.2 Å². The molecule has 0 bridgehead atoms. The van der Waals surface area contributed by atoms with E-state index in [0.717, 1.165) is 0 Å². The lowest BCUT2D eigenvalue weighted by Crippen LogP contribution is -2.29. The molecule has 0 aliphatic heterocycles. The number of carbonyl (C=O) groups excluding carboxylic acids is 2. The zero-order chi connectivity index (χ0) is 19.1. The number of nitrogens with one attached hydrogen (secondary N) is 2. The first kappa shape index (κ1) is 22.8. The van der Waals surface area contributed by atoms with E-state index in [1.165, 1.54) is 7.11 Å². The van der Waals surface area contributed by atoms with Gasteiger partial charge in [-0.2, -0.15) is 0 Å². The van der Waals surface area contributed by atoms with Gasteiger partial charge in [0, 0.05) is 23.8 Å². The number of aliphatic hydroxyl groups is 1. The Morgan fingerprint density at radius 1 is 1.08 bits per heavy atom. The lowest BCUT2D eigenvalue weighted by molar-refractivity contribution is -0.119. The first-order valence-electron chi connectivity index (χ1n) is 6.87. The molecule has 0 spiro atoms. The average molecular weight is 688 g/mol. The molecule has 0 fully saturated rings. The zero-order valence-electron chi connectivity index (χ0n) is 13.0. The van der Waals surface area contributed by atoms with E-state index in [2.05, 4.69) is 10.6 Å². The second kappa shape index (κ2) is 10.8. The van der Waals surface area contributed by atoms with Crippen LogP contribution in [0.1, 0.15) is 27.1 Å². The Morgan fingerprint density at radius 3 is 2.20 bits per heavy atom. The largest absolute Gasteiger partial charge is 0.478 e. The molecular formula is C14H15I3N2O6. The molecule has 25 heavy (non-hydrogen) atoms. The smallest absolute Gasteiger partial charge is 0.337 e. The van der Waals surface area contributed by atoms with Crippen LogP contribution in [-0.2, 0) is 9.53 Å². The molecule has 0 unspecified atom stereocenters. The fourth-order valence-electron chi connectivity index (χ4n) is 1.84. The molecule has 1 aromatic carbocycles. The van der Waals surface area contributed by atoms with Crippen molar-refractivity contribution in [3.8, 4) is 0 Å². The minimum Gasteiger partial charge on any atom is -0.478 e. The molecule has 1 rings (SSSR count). The highest BCUT2D eigenvalue weighted by atomic mass is 127. The molecule has 0 radical (unpaired) electrons. The lowest BCUT2D eigenvalue weighted by atomic mass is 10.1. The summed E-state index contributed by atoms with van der Waals surface area (Å²) in [5, 5.41) is 23.5. The van der Waals surface area contributed by atoms with Crippen LogP contribution in [0.25, 0.3) is 0 Å². The van der Waals surface area contributed by atoms with E-state index in [9.17, 15) is 19.5 Å². The zero-order valence-corrected chi connectivity index (χ0v) is 19.5. The number of halogens is 3. The molecule has 0 aromatic heterocycles. The second-order valence-electron chi connectivity index (χ2n) is 4.69. The SMILES string of the molecule is COCC(=O)Nc1c(I)c(C(=O)O)c(I)c(C(=O)NCCCO)c1I. The van der Waals surface area contributed by atoms with E-state index >= 15 is 0 Å². The van der Waals surface area contributed by atoms with Crippen molar-refractivity contribution in [3.63, 3.8) is 0 Å². The molecule has 4 N–H and O–H groups in total. The summed E-state index contributed by atoms with van der Waals surface area (Å²) in [6, 6.07) is 0. The maximum Gasteiger partial charge on any atom is 0.337 e. The van der Waals surface area contributed by atoms with E-state index in [4.69, 9.17) is 9.84 Å². The average Bonchev–Trinajstić information content (AvgIpc) is 2.51. The van der Waals surface area contributed by atoms with E-state index in [1.807, 2.05) is 67.8 Å². The van der Waals surface area contributed by atoms with Gasteiger partial charge < -0.3 is 25.6 Å². The molecule has 138 valence electrons. The Bertz CT molecular complexity index is 696. The van der Waals surface area contributed by atoms with Crippen molar-refractivity contribution in [2.45, 2.75) is 6.42 Å². The van der Waals surface area contributed by atoms with Crippen LogP contribution in [0.2, 0.25) is 0 Å².